The van der Waals surface area contributed by atoms with Crippen LogP contribution in [0.2, 0.25) is 0 Å². The Kier molecular flexibility index (Phi) is 7.63. The zero-order chi connectivity index (χ0) is 27.4. The van der Waals surface area contributed by atoms with Crippen LogP contribution in [0.4, 0.5) is 5.69 Å². The Hall–Kier alpha value is -4.59. The van der Waals surface area contributed by atoms with E-state index >= 15 is 0 Å². The smallest absolute Gasteiger partial charge is 0.274 e. The van der Waals surface area contributed by atoms with E-state index in [2.05, 4.69) is 28.9 Å². The zero-order valence-electron chi connectivity index (χ0n) is 22.3. The van der Waals surface area contributed by atoms with Crippen LogP contribution in [0, 0.1) is 0 Å². The maximum atomic E-state index is 13.3. The van der Waals surface area contributed by atoms with E-state index in [1.165, 1.54) is 4.68 Å². The van der Waals surface area contributed by atoms with Crippen LogP contribution in [0.5, 0.6) is 0 Å². The van der Waals surface area contributed by atoms with E-state index in [1.54, 1.807) is 12.4 Å². The van der Waals surface area contributed by atoms with E-state index in [9.17, 15) is 9.59 Å². The van der Waals surface area contributed by atoms with Gasteiger partial charge in [0.05, 0.1) is 29.5 Å². The lowest BCUT2D eigenvalue weighted by atomic mass is 9.99. The third-order valence-corrected chi connectivity index (χ3v) is 6.77. The number of hydrogen-bond acceptors (Lipinski definition) is 6. The molecular weight excluding hydrogens is 488 g/mol. The summed E-state index contributed by atoms with van der Waals surface area (Å²) in [4.78, 5) is 37.2. The largest absolute Gasteiger partial charge is 0.387 e. The van der Waals surface area contributed by atoms with E-state index in [1.807, 2.05) is 65.6 Å². The average molecular weight is 521 g/mol. The van der Waals surface area contributed by atoms with Gasteiger partial charge >= 0.3 is 0 Å². The van der Waals surface area contributed by atoms with Gasteiger partial charge in [0, 0.05) is 42.2 Å². The first-order valence-corrected chi connectivity index (χ1v) is 13.3. The van der Waals surface area contributed by atoms with E-state index in [0.29, 0.717) is 35.4 Å². The van der Waals surface area contributed by atoms with Crippen molar-refractivity contribution < 1.29 is 4.79 Å². The highest BCUT2D eigenvalue weighted by atomic mass is 16.2. The fourth-order valence-corrected chi connectivity index (χ4v) is 4.89. The van der Waals surface area contributed by atoms with E-state index in [4.69, 9.17) is 5.73 Å². The van der Waals surface area contributed by atoms with Crippen LogP contribution >= 0.6 is 0 Å². The molecule has 1 aliphatic heterocycles. The first kappa shape index (κ1) is 26.0. The Labute approximate surface area is 227 Å². The zero-order valence-corrected chi connectivity index (χ0v) is 22.3. The highest BCUT2D eigenvalue weighted by Gasteiger charge is 2.21. The quantitative estimate of drug-likeness (QED) is 0.355. The highest BCUT2D eigenvalue weighted by molar-refractivity contribution is 6.05. The van der Waals surface area contributed by atoms with Crippen molar-refractivity contribution in [2.24, 2.45) is 10.7 Å². The van der Waals surface area contributed by atoms with Crippen molar-refractivity contribution in [3.05, 3.63) is 94.2 Å². The van der Waals surface area contributed by atoms with Crippen LogP contribution in [0.3, 0.4) is 0 Å². The molecular formula is C31H32N6O2. The lowest BCUT2D eigenvalue weighted by Crippen LogP contribution is -2.34. The van der Waals surface area contributed by atoms with Crippen molar-refractivity contribution in [3.8, 4) is 11.1 Å². The number of pyridine rings is 1. The van der Waals surface area contributed by atoms with Gasteiger partial charge in [0.15, 0.2) is 0 Å². The Bertz CT molecular complexity index is 1630. The number of aromatic nitrogens is 3. The third kappa shape index (κ3) is 5.65. The number of amidine groups is 1. The molecule has 0 spiro atoms. The molecule has 8 heteroatoms. The molecule has 0 unspecified atom stereocenters. The number of nitrogens with two attached hydrogens (primary N) is 1. The van der Waals surface area contributed by atoms with Crippen molar-refractivity contribution in [1.82, 2.24) is 19.7 Å². The van der Waals surface area contributed by atoms with Crippen LogP contribution in [0.1, 0.15) is 44.4 Å². The molecule has 0 radical (unpaired) electrons. The number of hydrogen-bond donors (Lipinski definition) is 1. The molecule has 1 aliphatic rings. The summed E-state index contributed by atoms with van der Waals surface area (Å²) in [5.41, 5.74) is 11.0. The Morgan fingerprint density at radius 1 is 1.03 bits per heavy atom. The van der Waals surface area contributed by atoms with Gasteiger partial charge in [0.25, 0.3) is 5.56 Å². The fraction of sp³-hybridized carbons (Fsp3) is 0.258. The number of fused-ring (bicyclic) bond motifs is 2. The molecule has 0 atom stereocenters. The van der Waals surface area contributed by atoms with Gasteiger partial charge in [-0.1, -0.05) is 38.1 Å². The summed E-state index contributed by atoms with van der Waals surface area (Å²) in [5.74, 6) is 0.430. The van der Waals surface area contributed by atoms with Gasteiger partial charge in [0.1, 0.15) is 5.84 Å². The Morgan fingerprint density at radius 3 is 2.54 bits per heavy atom. The summed E-state index contributed by atoms with van der Waals surface area (Å²) >= 11 is 0. The highest BCUT2D eigenvalue weighted by Crippen LogP contribution is 2.33. The van der Waals surface area contributed by atoms with Gasteiger partial charge < -0.3 is 10.6 Å². The molecule has 3 heterocycles. The number of nitrogens with zero attached hydrogens (tertiary/aromatic N) is 5. The summed E-state index contributed by atoms with van der Waals surface area (Å²) < 4.78 is 1.43. The van der Waals surface area contributed by atoms with Crippen LogP contribution in [0.25, 0.3) is 28.0 Å². The summed E-state index contributed by atoms with van der Waals surface area (Å²) in [6.07, 6.45) is 7.45. The second-order valence-corrected chi connectivity index (χ2v) is 9.75. The topological polar surface area (TPSA) is 106 Å². The van der Waals surface area contributed by atoms with Crippen molar-refractivity contribution >= 4 is 34.3 Å². The molecule has 2 aromatic heterocycles. The maximum absolute atomic E-state index is 13.3. The van der Waals surface area contributed by atoms with Crippen molar-refractivity contribution in [2.45, 2.75) is 39.7 Å². The number of aliphatic imine (C=N–C) groups is 1. The minimum absolute atomic E-state index is 0.0181. The molecule has 2 aromatic carbocycles. The third-order valence-electron chi connectivity index (χ3n) is 6.77. The molecule has 198 valence electrons. The van der Waals surface area contributed by atoms with Gasteiger partial charge in [-0.3, -0.25) is 14.6 Å². The first-order valence-electron chi connectivity index (χ1n) is 13.3. The molecule has 39 heavy (non-hydrogen) atoms. The normalized spacial score (nSPS) is 12.9. The van der Waals surface area contributed by atoms with Crippen LogP contribution < -0.4 is 11.3 Å². The van der Waals surface area contributed by atoms with Crippen molar-refractivity contribution in [3.63, 3.8) is 0 Å². The lowest BCUT2D eigenvalue weighted by molar-refractivity contribution is -0.127. The number of carbonyl (C=O) groups is 1. The Balaban J connectivity index is 1.46. The van der Waals surface area contributed by atoms with Crippen LogP contribution in [-0.4, -0.2) is 44.5 Å². The van der Waals surface area contributed by atoms with Crippen molar-refractivity contribution in [2.75, 3.05) is 13.1 Å². The second-order valence-electron chi connectivity index (χ2n) is 9.75. The minimum atomic E-state index is -0.161. The lowest BCUT2D eigenvalue weighted by Gasteiger charge is -2.22. The van der Waals surface area contributed by atoms with Gasteiger partial charge in [-0.05, 0) is 60.4 Å². The second kappa shape index (κ2) is 11.4. The molecule has 1 amide bonds. The molecule has 4 aromatic rings. The fourth-order valence-electron chi connectivity index (χ4n) is 4.89. The molecule has 0 bridgehead atoms. The molecule has 0 saturated carbocycles. The molecule has 0 aliphatic carbocycles. The SMILES string of the molecule is CCCN(CCC)C(=O)C1=Cc2ccc(-c3ccc4c(=O)n(Cc5ccccn5)ncc4c3)cc2N=C(N)C1. The monoisotopic (exact) mass is 520 g/mol. The summed E-state index contributed by atoms with van der Waals surface area (Å²) in [7, 11) is 0. The number of rotatable bonds is 8. The van der Waals surface area contributed by atoms with Crippen LogP contribution in [0.15, 0.2) is 82.4 Å². The predicted octanol–water partition coefficient (Wildman–Crippen LogP) is 4.93. The number of benzene rings is 2. The first-order chi connectivity index (χ1) is 19.0. The van der Waals surface area contributed by atoms with Gasteiger partial charge in [0.2, 0.25) is 5.91 Å². The molecule has 8 nitrogen and oxygen atoms in total. The predicted molar refractivity (Wildman–Crippen MR) is 156 cm³/mol. The molecule has 2 N–H and O–H groups in total. The van der Waals surface area contributed by atoms with E-state index in [0.717, 1.165) is 53.7 Å². The summed E-state index contributed by atoms with van der Waals surface area (Å²) in [6, 6.07) is 17.3. The van der Waals surface area contributed by atoms with E-state index < -0.39 is 0 Å². The minimum Gasteiger partial charge on any atom is -0.387 e. The van der Waals surface area contributed by atoms with Gasteiger partial charge in [-0.2, -0.15) is 5.10 Å². The van der Waals surface area contributed by atoms with Gasteiger partial charge in [-0.15, -0.1) is 0 Å². The van der Waals surface area contributed by atoms with Gasteiger partial charge in [-0.25, -0.2) is 9.67 Å². The van der Waals surface area contributed by atoms with E-state index in [-0.39, 0.29) is 11.5 Å². The average Bonchev–Trinajstić information content (AvgIpc) is 3.12. The molecule has 5 rings (SSSR count). The Morgan fingerprint density at radius 2 is 1.79 bits per heavy atom. The molecule has 0 fully saturated rings. The maximum Gasteiger partial charge on any atom is 0.274 e. The summed E-state index contributed by atoms with van der Waals surface area (Å²) in [6.45, 7) is 5.90. The number of amides is 1. The molecule has 0 saturated heterocycles. The standard InChI is InChI=1S/C31H32N6O2/c1-3-13-36(14-4-2)30(38)24-16-23-9-8-22(17-28(23)35-29(32)18-24)21-10-11-27-25(15-21)19-34-37(31(27)39)20-26-7-5-6-12-33-26/h5-12,15-17,19H,3-4,13-14,18,20H2,1-2H3,(H2,32,35). The summed E-state index contributed by atoms with van der Waals surface area (Å²) in [5, 5.41) is 5.73. The van der Waals surface area contributed by atoms with Crippen molar-refractivity contribution in [1.29, 1.82) is 0 Å². The number of carbonyl (C=O) groups excluding carboxylic acids is 1. The van der Waals surface area contributed by atoms with Crippen LogP contribution in [-0.2, 0) is 11.3 Å².